The minimum Gasteiger partial charge on any atom is -0.333 e. The van der Waals surface area contributed by atoms with Crippen LogP contribution in [0.15, 0.2) is 30.3 Å². The van der Waals surface area contributed by atoms with Crippen molar-refractivity contribution in [3.8, 4) is 0 Å². The zero-order valence-electron chi connectivity index (χ0n) is 11.9. The zero-order chi connectivity index (χ0) is 14.0. The number of carbonyl (C=O) groups excluding carboxylic acids is 1. The lowest BCUT2D eigenvalue weighted by Gasteiger charge is -2.44. The Morgan fingerprint density at radius 1 is 1.19 bits per heavy atom. The topological polar surface area (TPSA) is 23.6 Å². The molecule has 5 heterocycles. The van der Waals surface area contributed by atoms with Crippen LogP contribution in [0.1, 0.15) is 16.1 Å². The number of piperidine rings is 3. The summed E-state index contributed by atoms with van der Waals surface area (Å²) in [6.07, 6.45) is 1.28. The van der Waals surface area contributed by atoms with Crippen LogP contribution in [0.5, 0.6) is 0 Å². The van der Waals surface area contributed by atoms with Gasteiger partial charge in [-0.25, -0.2) is 0 Å². The highest BCUT2D eigenvalue weighted by molar-refractivity contribution is 7.20. The SMILES string of the molecule is O=C(c1cc2ccccc2s1)N1C[C@@H]2CN3CC[C@@H]2[C@@H]1C3. The molecule has 3 nitrogen and oxygen atoms in total. The fourth-order valence-electron chi connectivity index (χ4n) is 4.57. The third kappa shape index (κ3) is 1.72. The number of hydrogen-bond donors (Lipinski definition) is 0. The highest BCUT2D eigenvalue weighted by atomic mass is 32.1. The van der Waals surface area contributed by atoms with E-state index in [4.69, 9.17) is 0 Å². The summed E-state index contributed by atoms with van der Waals surface area (Å²) in [6.45, 7) is 4.51. The van der Waals surface area contributed by atoms with E-state index in [0.717, 1.165) is 29.8 Å². The molecule has 1 aromatic carbocycles. The molecular formula is C17H18N2OS. The fourth-order valence-corrected chi connectivity index (χ4v) is 5.59. The van der Waals surface area contributed by atoms with E-state index < -0.39 is 0 Å². The second-order valence-electron chi connectivity index (χ2n) is 6.65. The highest BCUT2D eigenvalue weighted by Gasteiger charge is 2.51. The van der Waals surface area contributed by atoms with Gasteiger partial charge in [-0.05, 0) is 42.3 Å². The molecule has 108 valence electrons. The summed E-state index contributed by atoms with van der Waals surface area (Å²) >= 11 is 1.64. The molecule has 1 unspecified atom stereocenters. The highest BCUT2D eigenvalue weighted by Crippen LogP contribution is 2.42. The first-order chi connectivity index (χ1) is 10.3. The molecular weight excluding hydrogens is 280 g/mol. The van der Waals surface area contributed by atoms with Crippen molar-refractivity contribution in [1.82, 2.24) is 9.80 Å². The Morgan fingerprint density at radius 3 is 2.90 bits per heavy atom. The summed E-state index contributed by atoms with van der Waals surface area (Å²) in [7, 11) is 0. The monoisotopic (exact) mass is 298 g/mol. The van der Waals surface area contributed by atoms with Gasteiger partial charge in [-0.1, -0.05) is 18.2 Å². The first kappa shape index (κ1) is 12.2. The number of nitrogens with zero attached hydrogens (tertiary/aromatic N) is 2. The standard InChI is InChI=1S/C17H18N2OS/c20-17(16-7-11-3-1-2-4-15(11)21-16)19-9-12-8-18-6-5-13(12)14(19)10-18/h1-4,7,12-14H,5-6,8-10H2/t12-,13-,14-/m0/s1. The van der Waals surface area contributed by atoms with Crippen molar-refractivity contribution < 1.29 is 4.79 Å². The van der Waals surface area contributed by atoms with Gasteiger partial charge in [-0.3, -0.25) is 4.79 Å². The number of benzene rings is 1. The van der Waals surface area contributed by atoms with Crippen LogP contribution in [0.4, 0.5) is 0 Å². The van der Waals surface area contributed by atoms with E-state index in [1.807, 2.05) is 12.1 Å². The van der Waals surface area contributed by atoms with E-state index in [1.54, 1.807) is 11.3 Å². The van der Waals surface area contributed by atoms with Gasteiger partial charge in [-0.15, -0.1) is 11.3 Å². The van der Waals surface area contributed by atoms with E-state index in [1.165, 1.54) is 29.6 Å². The molecule has 0 spiro atoms. The van der Waals surface area contributed by atoms with Crippen molar-refractivity contribution >= 4 is 27.3 Å². The Labute approximate surface area is 128 Å². The number of thiophene rings is 1. The van der Waals surface area contributed by atoms with Crippen molar-refractivity contribution in [3.63, 3.8) is 0 Å². The minimum absolute atomic E-state index is 0.262. The van der Waals surface area contributed by atoms with Gasteiger partial charge in [0.1, 0.15) is 0 Å². The molecule has 21 heavy (non-hydrogen) atoms. The van der Waals surface area contributed by atoms with Crippen LogP contribution in [-0.2, 0) is 0 Å². The van der Waals surface area contributed by atoms with Gasteiger partial charge in [0.25, 0.3) is 5.91 Å². The molecule has 4 aliphatic heterocycles. The molecule has 0 aliphatic carbocycles. The van der Waals surface area contributed by atoms with Crippen LogP contribution in [0.2, 0.25) is 0 Å². The summed E-state index contributed by atoms with van der Waals surface area (Å²) < 4.78 is 1.22. The van der Waals surface area contributed by atoms with Crippen molar-refractivity contribution in [2.75, 3.05) is 26.2 Å². The second-order valence-corrected chi connectivity index (χ2v) is 7.73. The van der Waals surface area contributed by atoms with Crippen LogP contribution >= 0.6 is 11.3 Å². The first-order valence-electron chi connectivity index (χ1n) is 7.81. The van der Waals surface area contributed by atoms with Crippen LogP contribution in [0.25, 0.3) is 10.1 Å². The normalized spacial score (nSPS) is 33.8. The second kappa shape index (κ2) is 4.31. The fraction of sp³-hybridized carbons (Fsp3) is 0.471. The first-order valence-corrected chi connectivity index (χ1v) is 8.63. The summed E-state index contributed by atoms with van der Waals surface area (Å²) in [4.78, 5) is 18.6. The lowest BCUT2D eigenvalue weighted by atomic mass is 9.80. The summed E-state index contributed by atoms with van der Waals surface area (Å²) in [6, 6.07) is 10.8. The van der Waals surface area contributed by atoms with Crippen LogP contribution in [0.3, 0.4) is 0 Å². The Kier molecular flexibility index (Phi) is 2.50. The largest absolute Gasteiger partial charge is 0.333 e. The van der Waals surface area contributed by atoms with E-state index in [9.17, 15) is 4.79 Å². The van der Waals surface area contributed by atoms with Gasteiger partial charge in [0.15, 0.2) is 0 Å². The number of likely N-dealkylation sites (tertiary alicyclic amines) is 1. The van der Waals surface area contributed by atoms with Crippen molar-refractivity contribution in [3.05, 3.63) is 35.2 Å². The average Bonchev–Trinajstić information content (AvgIpc) is 3.06. The molecule has 4 saturated heterocycles. The lowest BCUT2D eigenvalue weighted by molar-refractivity contribution is 0.0425. The molecule has 4 aliphatic rings. The number of rotatable bonds is 1. The molecule has 0 saturated carbocycles. The van der Waals surface area contributed by atoms with E-state index >= 15 is 0 Å². The Hall–Kier alpha value is -1.39. The van der Waals surface area contributed by atoms with Gasteiger partial charge in [-0.2, -0.15) is 0 Å². The quantitative estimate of drug-likeness (QED) is 0.808. The Balaban J connectivity index is 1.49. The van der Waals surface area contributed by atoms with Gasteiger partial charge >= 0.3 is 0 Å². The average molecular weight is 298 g/mol. The number of amides is 1. The maximum atomic E-state index is 13.0. The van der Waals surface area contributed by atoms with Gasteiger partial charge in [0.05, 0.1) is 4.88 Å². The minimum atomic E-state index is 0.262. The van der Waals surface area contributed by atoms with Crippen LogP contribution in [-0.4, -0.2) is 47.9 Å². The maximum absolute atomic E-state index is 13.0. The predicted octanol–water partition coefficient (Wildman–Crippen LogP) is 2.68. The third-order valence-corrected chi connectivity index (χ3v) is 6.65. The summed E-state index contributed by atoms with van der Waals surface area (Å²) in [5.41, 5.74) is 0. The van der Waals surface area contributed by atoms with E-state index in [-0.39, 0.29) is 5.91 Å². The molecule has 0 radical (unpaired) electrons. The van der Waals surface area contributed by atoms with Gasteiger partial charge in [0.2, 0.25) is 0 Å². The molecule has 6 rings (SSSR count). The Bertz CT molecular complexity index is 691. The third-order valence-electron chi connectivity index (χ3n) is 5.55. The molecule has 4 heteroatoms. The molecule has 4 bridgehead atoms. The molecule has 0 N–H and O–H groups in total. The molecule has 1 amide bonds. The van der Waals surface area contributed by atoms with Gasteiger partial charge in [0, 0.05) is 30.4 Å². The number of hydrogen-bond acceptors (Lipinski definition) is 3. The summed E-state index contributed by atoms with van der Waals surface area (Å²) in [5.74, 6) is 1.74. The number of carbonyl (C=O) groups is 1. The van der Waals surface area contributed by atoms with Crippen LogP contribution < -0.4 is 0 Å². The van der Waals surface area contributed by atoms with Crippen molar-refractivity contribution in [2.24, 2.45) is 11.8 Å². The smallest absolute Gasteiger partial charge is 0.264 e. The van der Waals surface area contributed by atoms with Gasteiger partial charge < -0.3 is 9.80 Å². The van der Waals surface area contributed by atoms with Crippen LogP contribution in [0, 0.1) is 11.8 Å². The lowest BCUT2D eigenvalue weighted by Crippen LogP contribution is -2.54. The Morgan fingerprint density at radius 2 is 2.10 bits per heavy atom. The molecule has 4 atom stereocenters. The molecule has 2 aromatic rings. The summed E-state index contributed by atoms with van der Waals surface area (Å²) in [5, 5.41) is 1.19. The predicted molar refractivity (Wildman–Crippen MR) is 84.7 cm³/mol. The molecule has 4 fully saturated rings. The van der Waals surface area contributed by atoms with E-state index in [0.29, 0.717) is 6.04 Å². The number of fused-ring (bicyclic) bond motifs is 2. The van der Waals surface area contributed by atoms with Crippen molar-refractivity contribution in [1.29, 1.82) is 0 Å². The molecule has 1 aromatic heterocycles. The zero-order valence-corrected chi connectivity index (χ0v) is 12.7. The van der Waals surface area contributed by atoms with E-state index in [2.05, 4.69) is 28.0 Å². The maximum Gasteiger partial charge on any atom is 0.264 e. The van der Waals surface area contributed by atoms with Crippen molar-refractivity contribution in [2.45, 2.75) is 12.5 Å².